The van der Waals surface area contributed by atoms with Crippen LogP contribution in [0, 0.1) is 5.92 Å². The molecule has 5 heterocycles. The third kappa shape index (κ3) is 3.79. The van der Waals surface area contributed by atoms with Gasteiger partial charge in [0.15, 0.2) is 5.15 Å². The molecule has 8 rings (SSSR count). The highest BCUT2D eigenvalue weighted by Gasteiger charge is 2.54. The molecular weight excluding hydrogens is 545 g/mol. The van der Waals surface area contributed by atoms with Crippen LogP contribution in [0.3, 0.4) is 0 Å². The summed E-state index contributed by atoms with van der Waals surface area (Å²) in [4.78, 5) is 18.5. The standard InChI is InChI=1S/C31H23Cl2N5O2/c1-16-6-18-3-2-17(9-28(18)40-15-16)20-7-25(34-13-20)31-24-12-23(24)27-8-19(10-30(39)38(27)31)22-11-21(32)4-5-26(22)37-14-29(33)35-36-37/h2-5,8-11,13-14,23-24,31H,1,6-7,12,15H2. The summed E-state index contributed by atoms with van der Waals surface area (Å²) in [7, 11) is 0. The number of aromatic nitrogens is 4. The Morgan fingerprint density at radius 3 is 2.77 bits per heavy atom. The number of allylic oxidation sites excluding steroid dienone is 1. The van der Waals surface area contributed by atoms with Crippen LogP contribution in [0.25, 0.3) is 22.4 Å². The summed E-state index contributed by atoms with van der Waals surface area (Å²) in [5.74, 6) is 1.66. The van der Waals surface area contributed by atoms with E-state index in [4.69, 9.17) is 32.9 Å². The van der Waals surface area contributed by atoms with Crippen LogP contribution in [-0.4, -0.2) is 31.9 Å². The Labute approximate surface area is 240 Å². The van der Waals surface area contributed by atoms with Gasteiger partial charge in [0.05, 0.1) is 17.9 Å². The van der Waals surface area contributed by atoms with E-state index in [1.54, 1.807) is 23.0 Å². The van der Waals surface area contributed by atoms with Crippen molar-refractivity contribution in [2.75, 3.05) is 6.61 Å². The highest BCUT2D eigenvalue weighted by molar-refractivity contribution is 6.31. The number of nitrogens with zero attached hydrogens (tertiary/aromatic N) is 5. The second-order valence-electron chi connectivity index (χ2n) is 11.0. The van der Waals surface area contributed by atoms with Crippen molar-refractivity contribution in [2.24, 2.45) is 10.9 Å². The van der Waals surface area contributed by atoms with Crippen LogP contribution in [0.5, 0.6) is 5.75 Å². The number of hydrogen-bond donors (Lipinski definition) is 0. The van der Waals surface area contributed by atoms with Crippen LogP contribution in [0.2, 0.25) is 10.2 Å². The average Bonchev–Trinajstić information content (AvgIpc) is 3.23. The first-order valence-electron chi connectivity index (χ1n) is 13.3. The molecule has 0 saturated heterocycles. The number of ether oxygens (including phenoxy) is 1. The molecule has 0 radical (unpaired) electrons. The fraction of sp³-hybridized carbons (Fsp3) is 0.226. The lowest BCUT2D eigenvalue weighted by atomic mass is 9.95. The van der Waals surface area contributed by atoms with Gasteiger partial charge in [0.1, 0.15) is 12.4 Å². The van der Waals surface area contributed by atoms with Gasteiger partial charge >= 0.3 is 0 Å². The van der Waals surface area contributed by atoms with Crippen LogP contribution >= 0.6 is 23.2 Å². The zero-order valence-electron chi connectivity index (χ0n) is 21.3. The van der Waals surface area contributed by atoms with Crippen molar-refractivity contribution in [2.45, 2.75) is 31.2 Å². The van der Waals surface area contributed by atoms with E-state index in [9.17, 15) is 4.79 Å². The highest BCUT2D eigenvalue weighted by atomic mass is 35.5. The average molecular weight is 568 g/mol. The highest BCUT2D eigenvalue weighted by Crippen LogP contribution is 2.60. The Morgan fingerprint density at radius 2 is 1.93 bits per heavy atom. The van der Waals surface area contributed by atoms with E-state index >= 15 is 0 Å². The minimum absolute atomic E-state index is 0.0274. The molecule has 1 fully saturated rings. The summed E-state index contributed by atoms with van der Waals surface area (Å²) in [5, 5.41) is 8.88. The van der Waals surface area contributed by atoms with E-state index in [1.165, 1.54) is 5.56 Å². The van der Waals surface area contributed by atoms with Crippen molar-refractivity contribution >= 4 is 34.5 Å². The van der Waals surface area contributed by atoms with E-state index in [0.29, 0.717) is 23.5 Å². The SMILES string of the molecule is C=C1COc2cc(C3=CN=C(C4C5CC5c5cc(-c6cc(Cl)ccc6-n6cc(Cl)nn6)cc(=O)n54)C3)ccc2C1. The lowest BCUT2D eigenvalue weighted by molar-refractivity contribution is 0.332. The fourth-order valence-electron chi connectivity index (χ4n) is 6.47. The lowest BCUT2D eigenvalue weighted by Crippen LogP contribution is -2.29. The Hall–Kier alpha value is -3.94. The predicted molar refractivity (Wildman–Crippen MR) is 156 cm³/mol. The first kappa shape index (κ1) is 23.9. The fourth-order valence-corrected chi connectivity index (χ4v) is 6.77. The third-order valence-corrected chi connectivity index (χ3v) is 8.80. The van der Waals surface area contributed by atoms with Gasteiger partial charge in [-0.3, -0.25) is 9.79 Å². The summed E-state index contributed by atoms with van der Waals surface area (Å²) < 4.78 is 9.46. The van der Waals surface area contributed by atoms with Crippen LogP contribution in [-0.2, 0) is 6.42 Å². The molecule has 198 valence electrons. The van der Waals surface area contributed by atoms with E-state index in [1.807, 2.05) is 22.9 Å². The summed E-state index contributed by atoms with van der Waals surface area (Å²) in [6.45, 7) is 4.61. The monoisotopic (exact) mass is 567 g/mol. The van der Waals surface area contributed by atoms with Gasteiger partial charge in [0.25, 0.3) is 5.56 Å². The van der Waals surface area contributed by atoms with Crippen molar-refractivity contribution in [1.82, 2.24) is 19.6 Å². The maximum atomic E-state index is 13.7. The summed E-state index contributed by atoms with van der Waals surface area (Å²) in [5.41, 5.74) is 8.94. The van der Waals surface area contributed by atoms with Gasteiger partial charge in [0, 0.05) is 53.0 Å². The summed E-state index contributed by atoms with van der Waals surface area (Å²) in [6, 6.07) is 15.7. The molecule has 3 aliphatic heterocycles. The molecule has 0 amide bonds. The smallest absolute Gasteiger partial charge is 0.251 e. The molecule has 3 unspecified atom stereocenters. The number of rotatable bonds is 4. The normalized spacial score (nSPS) is 22.2. The van der Waals surface area contributed by atoms with Gasteiger partial charge in [-0.25, -0.2) is 4.68 Å². The van der Waals surface area contributed by atoms with Crippen molar-refractivity contribution in [1.29, 1.82) is 0 Å². The summed E-state index contributed by atoms with van der Waals surface area (Å²) >= 11 is 12.4. The van der Waals surface area contributed by atoms with Crippen molar-refractivity contribution < 1.29 is 4.74 Å². The van der Waals surface area contributed by atoms with Crippen LogP contribution in [0.1, 0.15) is 41.6 Å². The Kier molecular flexibility index (Phi) is 5.25. The number of benzene rings is 2. The molecule has 3 atom stereocenters. The van der Waals surface area contributed by atoms with Gasteiger partial charge in [0.2, 0.25) is 0 Å². The molecule has 1 saturated carbocycles. The molecular formula is C31H23Cl2N5O2. The van der Waals surface area contributed by atoms with Crippen molar-refractivity contribution in [3.8, 4) is 22.6 Å². The summed E-state index contributed by atoms with van der Waals surface area (Å²) in [6.07, 6.45) is 6.22. The zero-order valence-corrected chi connectivity index (χ0v) is 22.9. The van der Waals surface area contributed by atoms with Crippen molar-refractivity contribution in [3.63, 3.8) is 0 Å². The third-order valence-electron chi connectivity index (χ3n) is 8.39. The first-order valence-corrected chi connectivity index (χ1v) is 14.0. The molecule has 4 aromatic rings. The quantitative estimate of drug-likeness (QED) is 0.266. The van der Waals surface area contributed by atoms with Crippen LogP contribution < -0.4 is 10.3 Å². The van der Waals surface area contributed by atoms with Crippen LogP contribution in [0.15, 0.2) is 82.9 Å². The molecule has 1 aliphatic carbocycles. The molecule has 7 nitrogen and oxygen atoms in total. The molecule has 0 spiro atoms. The molecule has 40 heavy (non-hydrogen) atoms. The lowest BCUT2D eigenvalue weighted by Gasteiger charge is -2.21. The number of hydrogen-bond acceptors (Lipinski definition) is 5. The Balaban J connectivity index is 1.11. The molecule has 9 heteroatoms. The Bertz CT molecular complexity index is 1880. The molecule has 2 aromatic carbocycles. The molecule has 4 aliphatic rings. The topological polar surface area (TPSA) is 74.3 Å². The van der Waals surface area contributed by atoms with Gasteiger partial charge < -0.3 is 9.30 Å². The predicted octanol–water partition coefficient (Wildman–Crippen LogP) is 6.44. The molecule has 0 bridgehead atoms. The van der Waals surface area contributed by atoms with E-state index in [-0.39, 0.29) is 16.8 Å². The van der Waals surface area contributed by atoms with E-state index in [2.05, 4.69) is 41.2 Å². The second-order valence-corrected chi connectivity index (χ2v) is 11.8. The maximum absolute atomic E-state index is 13.7. The molecule has 0 N–H and O–H groups in total. The number of pyridine rings is 1. The number of fused-ring (bicyclic) bond motifs is 4. The largest absolute Gasteiger partial charge is 0.489 e. The minimum Gasteiger partial charge on any atom is -0.489 e. The van der Waals surface area contributed by atoms with Crippen molar-refractivity contribution in [3.05, 3.63) is 110 Å². The van der Waals surface area contributed by atoms with Gasteiger partial charge in [-0.05, 0) is 70.5 Å². The molecule has 2 aromatic heterocycles. The van der Waals surface area contributed by atoms with E-state index < -0.39 is 0 Å². The maximum Gasteiger partial charge on any atom is 0.251 e. The zero-order chi connectivity index (χ0) is 27.1. The van der Waals surface area contributed by atoms with Gasteiger partial charge in [-0.15, -0.1) is 5.10 Å². The number of halogens is 2. The minimum atomic E-state index is -0.0363. The first-order chi connectivity index (χ1) is 19.4. The van der Waals surface area contributed by atoms with Gasteiger partial charge in [-0.1, -0.05) is 47.1 Å². The Morgan fingerprint density at radius 1 is 1.02 bits per heavy atom. The van der Waals surface area contributed by atoms with Gasteiger partial charge in [-0.2, -0.15) is 0 Å². The number of aliphatic imine (C=N–C) groups is 1. The second kappa shape index (κ2) is 8.78. The van der Waals surface area contributed by atoms with E-state index in [0.717, 1.165) is 69.9 Å². The van der Waals surface area contributed by atoms with Crippen LogP contribution in [0.4, 0.5) is 0 Å².